The lowest BCUT2D eigenvalue weighted by Gasteiger charge is -2.33. The van der Waals surface area contributed by atoms with Crippen LogP contribution in [0.25, 0.3) is 0 Å². The van der Waals surface area contributed by atoms with E-state index in [0.717, 1.165) is 0 Å². The van der Waals surface area contributed by atoms with E-state index in [9.17, 15) is 14.7 Å². The fourth-order valence-corrected chi connectivity index (χ4v) is 2.43. The number of carboxylic acids is 1. The third-order valence-corrected chi connectivity index (χ3v) is 3.92. The zero-order valence-corrected chi connectivity index (χ0v) is 12.3. The summed E-state index contributed by atoms with van der Waals surface area (Å²) in [6.45, 7) is 4.83. The van der Waals surface area contributed by atoms with Crippen molar-refractivity contribution in [1.29, 1.82) is 0 Å². The number of nitrogens with zero attached hydrogens (tertiary/aromatic N) is 2. The molecule has 2 N–H and O–H groups in total. The first kappa shape index (κ1) is 15.5. The first-order chi connectivity index (χ1) is 9.96. The van der Waals surface area contributed by atoms with Crippen molar-refractivity contribution >= 4 is 11.8 Å². The molecule has 1 saturated heterocycles. The molecule has 2 rings (SSSR count). The largest absolute Gasteiger partial charge is 0.481 e. The molecular formula is C14H21N3O4. The minimum absolute atomic E-state index is 0.0255. The van der Waals surface area contributed by atoms with E-state index in [4.69, 9.17) is 4.74 Å². The Kier molecular flexibility index (Phi) is 4.62. The minimum Gasteiger partial charge on any atom is -0.481 e. The Labute approximate surface area is 123 Å². The second-order valence-corrected chi connectivity index (χ2v) is 5.63. The van der Waals surface area contributed by atoms with E-state index in [1.165, 1.54) is 0 Å². The van der Waals surface area contributed by atoms with E-state index in [2.05, 4.69) is 10.3 Å². The maximum atomic E-state index is 12.2. The van der Waals surface area contributed by atoms with Gasteiger partial charge in [-0.1, -0.05) is 0 Å². The summed E-state index contributed by atoms with van der Waals surface area (Å²) >= 11 is 0. The number of ether oxygens (including phenoxy) is 1. The van der Waals surface area contributed by atoms with Gasteiger partial charge in [0.15, 0.2) is 5.82 Å². The summed E-state index contributed by atoms with van der Waals surface area (Å²) in [7, 11) is 0. The fourth-order valence-electron chi connectivity index (χ4n) is 2.43. The summed E-state index contributed by atoms with van der Waals surface area (Å²) in [6, 6.07) is 0.0255. The van der Waals surface area contributed by atoms with Gasteiger partial charge in [-0.2, -0.15) is 0 Å². The highest BCUT2D eigenvalue weighted by atomic mass is 16.5. The predicted molar refractivity (Wildman–Crippen MR) is 77.5 cm³/mol. The van der Waals surface area contributed by atoms with Crippen molar-refractivity contribution < 1.29 is 14.6 Å². The zero-order valence-electron chi connectivity index (χ0n) is 12.3. The van der Waals surface area contributed by atoms with E-state index in [1.807, 2.05) is 13.8 Å². The Morgan fingerprint density at radius 1 is 1.52 bits per heavy atom. The van der Waals surface area contributed by atoms with Crippen LogP contribution in [-0.4, -0.2) is 40.4 Å². The number of aromatic nitrogens is 2. The Hall–Kier alpha value is -1.89. The lowest BCUT2D eigenvalue weighted by Crippen LogP contribution is -2.43. The lowest BCUT2D eigenvalue weighted by atomic mass is 9.80. The molecule has 0 amide bonds. The third-order valence-electron chi connectivity index (χ3n) is 3.92. The fraction of sp³-hybridized carbons (Fsp3) is 0.643. The van der Waals surface area contributed by atoms with Gasteiger partial charge in [0.2, 0.25) is 0 Å². The van der Waals surface area contributed by atoms with Crippen molar-refractivity contribution in [3.05, 3.63) is 22.7 Å². The molecule has 0 spiro atoms. The van der Waals surface area contributed by atoms with Crippen molar-refractivity contribution in [3.8, 4) is 0 Å². The van der Waals surface area contributed by atoms with E-state index in [0.29, 0.717) is 26.1 Å². The Balaban J connectivity index is 2.17. The Morgan fingerprint density at radius 3 is 2.76 bits per heavy atom. The highest BCUT2D eigenvalue weighted by molar-refractivity contribution is 5.75. The van der Waals surface area contributed by atoms with Crippen LogP contribution < -0.4 is 10.9 Å². The molecule has 0 radical (unpaired) electrons. The van der Waals surface area contributed by atoms with Gasteiger partial charge in [0.05, 0.1) is 5.41 Å². The van der Waals surface area contributed by atoms with E-state index < -0.39 is 11.4 Å². The van der Waals surface area contributed by atoms with Gasteiger partial charge in [-0.25, -0.2) is 4.98 Å². The molecule has 0 bridgehead atoms. The van der Waals surface area contributed by atoms with Crippen LogP contribution in [0.3, 0.4) is 0 Å². The summed E-state index contributed by atoms with van der Waals surface area (Å²) < 4.78 is 6.79. The molecule has 0 aromatic carbocycles. The average Bonchev–Trinajstić information content (AvgIpc) is 2.46. The van der Waals surface area contributed by atoms with Crippen LogP contribution in [0.2, 0.25) is 0 Å². The van der Waals surface area contributed by atoms with Crippen LogP contribution in [-0.2, 0) is 9.53 Å². The van der Waals surface area contributed by atoms with E-state index in [-0.39, 0.29) is 24.0 Å². The first-order valence-corrected chi connectivity index (χ1v) is 7.08. The summed E-state index contributed by atoms with van der Waals surface area (Å²) in [5.41, 5.74) is -1.13. The molecule has 0 atom stereocenters. The van der Waals surface area contributed by atoms with Gasteiger partial charge in [0, 0.05) is 38.2 Å². The van der Waals surface area contributed by atoms with Crippen LogP contribution in [0, 0.1) is 5.41 Å². The standard InChI is InChI=1S/C14H21N3O4/c1-10(2)17-6-5-15-11(12(17)18)16-9-14(13(19)20)3-7-21-8-4-14/h5-6,10H,3-4,7-9H2,1-2H3,(H,15,16)(H,19,20). The topological polar surface area (TPSA) is 93.5 Å². The molecule has 1 aromatic rings. The Morgan fingerprint density at radius 2 is 2.19 bits per heavy atom. The molecule has 2 heterocycles. The highest BCUT2D eigenvalue weighted by Gasteiger charge is 2.40. The number of nitrogens with one attached hydrogen (secondary N) is 1. The molecule has 0 saturated carbocycles. The molecule has 116 valence electrons. The van der Waals surface area contributed by atoms with Gasteiger partial charge in [0.25, 0.3) is 5.56 Å². The van der Waals surface area contributed by atoms with Gasteiger partial charge in [0.1, 0.15) is 0 Å². The number of hydrogen-bond donors (Lipinski definition) is 2. The smallest absolute Gasteiger partial charge is 0.311 e. The molecule has 0 unspecified atom stereocenters. The predicted octanol–water partition coefficient (Wildman–Crippen LogP) is 1.12. The van der Waals surface area contributed by atoms with Crippen LogP contribution in [0.4, 0.5) is 5.82 Å². The van der Waals surface area contributed by atoms with Crippen LogP contribution in [0.5, 0.6) is 0 Å². The molecule has 1 aliphatic heterocycles. The summed E-state index contributed by atoms with van der Waals surface area (Å²) in [4.78, 5) is 27.8. The summed E-state index contributed by atoms with van der Waals surface area (Å²) in [5, 5.41) is 12.4. The van der Waals surface area contributed by atoms with Crippen molar-refractivity contribution in [1.82, 2.24) is 9.55 Å². The lowest BCUT2D eigenvalue weighted by molar-refractivity contribution is -0.153. The second kappa shape index (κ2) is 6.26. The van der Waals surface area contributed by atoms with Gasteiger partial charge >= 0.3 is 5.97 Å². The van der Waals surface area contributed by atoms with E-state index in [1.54, 1.807) is 17.0 Å². The molecule has 21 heavy (non-hydrogen) atoms. The molecule has 1 fully saturated rings. The number of carbonyl (C=O) groups is 1. The van der Waals surface area contributed by atoms with Gasteiger partial charge in [-0.3, -0.25) is 9.59 Å². The molecular weight excluding hydrogens is 274 g/mol. The average molecular weight is 295 g/mol. The van der Waals surface area contributed by atoms with Crippen LogP contribution in [0.15, 0.2) is 17.2 Å². The minimum atomic E-state index is -0.898. The van der Waals surface area contributed by atoms with Crippen LogP contribution in [0.1, 0.15) is 32.7 Å². The second-order valence-electron chi connectivity index (χ2n) is 5.63. The third kappa shape index (κ3) is 3.24. The summed E-state index contributed by atoms with van der Waals surface area (Å²) in [5.74, 6) is -0.670. The van der Waals surface area contributed by atoms with Gasteiger partial charge in [-0.15, -0.1) is 0 Å². The highest BCUT2D eigenvalue weighted by Crippen LogP contribution is 2.30. The monoisotopic (exact) mass is 295 g/mol. The number of rotatable bonds is 5. The van der Waals surface area contributed by atoms with Crippen molar-refractivity contribution in [2.45, 2.75) is 32.7 Å². The quantitative estimate of drug-likeness (QED) is 0.845. The molecule has 7 nitrogen and oxygen atoms in total. The van der Waals surface area contributed by atoms with Gasteiger partial charge < -0.3 is 19.7 Å². The Bertz CT molecular complexity index is 562. The van der Waals surface area contributed by atoms with Crippen molar-refractivity contribution in [2.75, 3.05) is 25.1 Å². The maximum absolute atomic E-state index is 12.2. The van der Waals surface area contributed by atoms with Crippen molar-refractivity contribution in [2.24, 2.45) is 5.41 Å². The zero-order chi connectivity index (χ0) is 15.5. The van der Waals surface area contributed by atoms with Crippen LogP contribution >= 0.6 is 0 Å². The van der Waals surface area contributed by atoms with Gasteiger partial charge in [-0.05, 0) is 26.7 Å². The SMILES string of the molecule is CC(C)n1ccnc(NCC2(C(=O)O)CCOCC2)c1=O. The maximum Gasteiger partial charge on any atom is 0.311 e. The molecule has 0 aliphatic carbocycles. The molecule has 1 aliphatic rings. The van der Waals surface area contributed by atoms with Crippen molar-refractivity contribution in [3.63, 3.8) is 0 Å². The summed E-state index contributed by atoms with van der Waals surface area (Å²) in [6.07, 6.45) is 4.03. The number of hydrogen-bond acceptors (Lipinski definition) is 5. The van der Waals surface area contributed by atoms with E-state index >= 15 is 0 Å². The number of anilines is 1. The molecule has 1 aromatic heterocycles. The first-order valence-electron chi connectivity index (χ1n) is 7.08. The number of aliphatic carboxylic acids is 1. The number of carboxylic acid groups (broad SMARTS) is 1. The normalized spacial score (nSPS) is 17.7. The molecule has 7 heteroatoms.